The standard InChI is InChI=1S/C10H8N2O/c1-2-4-9-7(3-1)10-8(5-13-9)11-6-12-10/h1-4H,5-6H2. The van der Waals surface area contributed by atoms with Gasteiger partial charge in [-0.1, -0.05) is 12.1 Å². The first kappa shape index (κ1) is 6.83. The van der Waals surface area contributed by atoms with E-state index < -0.39 is 0 Å². The summed E-state index contributed by atoms with van der Waals surface area (Å²) in [6.07, 6.45) is 0. The molecule has 0 aliphatic carbocycles. The number of fused-ring (bicyclic) bond motifs is 3. The van der Waals surface area contributed by atoms with Crippen molar-refractivity contribution < 1.29 is 4.74 Å². The summed E-state index contributed by atoms with van der Waals surface area (Å²) in [6, 6.07) is 7.95. The zero-order valence-corrected chi connectivity index (χ0v) is 7.03. The smallest absolute Gasteiger partial charge is 0.132 e. The molecule has 0 aromatic heterocycles. The first-order chi connectivity index (χ1) is 6.45. The largest absolute Gasteiger partial charge is 0.487 e. The minimum atomic E-state index is 0.558. The summed E-state index contributed by atoms with van der Waals surface area (Å²) in [7, 11) is 0. The highest BCUT2D eigenvalue weighted by atomic mass is 16.5. The highest BCUT2D eigenvalue weighted by molar-refractivity contribution is 6.51. The Kier molecular flexibility index (Phi) is 1.27. The lowest BCUT2D eigenvalue weighted by molar-refractivity contribution is 0.374. The van der Waals surface area contributed by atoms with Crippen LogP contribution in [0.5, 0.6) is 5.75 Å². The zero-order chi connectivity index (χ0) is 8.67. The molecule has 0 unspecified atom stereocenters. The highest BCUT2D eigenvalue weighted by Crippen LogP contribution is 2.25. The van der Waals surface area contributed by atoms with E-state index in [4.69, 9.17) is 4.74 Å². The molecular weight excluding hydrogens is 164 g/mol. The van der Waals surface area contributed by atoms with Crippen LogP contribution in [0.4, 0.5) is 0 Å². The zero-order valence-electron chi connectivity index (χ0n) is 7.03. The fourth-order valence-corrected chi connectivity index (χ4v) is 1.65. The Morgan fingerprint density at radius 1 is 1.15 bits per heavy atom. The van der Waals surface area contributed by atoms with Crippen molar-refractivity contribution in [1.29, 1.82) is 0 Å². The minimum absolute atomic E-state index is 0.558. The van der Waals surface area contributed by atoms with Gasteiger partial charge >= 0.3 is 0 Å². The van der Waals surface area contributed by atoms with E-state index in [2.05, 4.69) is 9.98 Å². The van der Waals surface area contributed by atoms with E-state index in [0.29, 0.717) is 13.3 Å². The van der Waals surface area contributed by atoms with Crippen LogP contribution >= 0.6 is 0 Å². The molecule has 3 rings (SSSR count). The average Bonchev–Trinajstić information content (AvgIpc) is 2.65. The molecule has 0 saturated heterocycles. The van der Waals surface area contributed by atoms with Gasteiger partial charge in [-0.15, -0.1) is 0 Å². The maximum absolute atomic E-state index is 5.53. The van der Waals surface area contributed by atoms with E-state index in [1.54, 1.807) is 0 Å². The quantitative estimate of drug-likeness (QED) is 0.580. The van der Waals surface area contributed by atoms with Crippen LogP contribution in [0, 0.1) is 0 Å². The second-order valence-corrected chi connectivity index (χ2v) is 3.04. The first-order valence-electron chi connectivity index (χ1n) is 4.25. The molecule has 0 saturated carbocycles. The predicted molar refractivity (Wildman–Crippen MR) is 50.8 cm³/mol. The van der Waals surface area contributed by atoms with Gasteiger partial charge in [0.15, 0.2) is 0 Å². The number of rotatable bonds is 0. The van der Waals surface area contributed by atoms with Crippen molar-refractivity contribution in [3.8, 4) is 5.75 Å². The van der Waals surface area contributed by atoms with Gasteiger partial charge in [0, 0.05) is 5.56 Å². The Labute approximate surface area is 75.8 Å². The first-order valence-corrected chi connectivity index (χ1v) is 4.25. The fraction of sp³-hybridized carbons (Fsp3) is 0.200. The lowest BCUT2D eigenvalue weighted by Gasteiger charge is -2.17. The molecule has 0 spiro atoms. The topological polar surface area (TPSA) is 34.0 Å². The van der Waals surface area contributed by atoms with E-state index in [1.165, 1.54) is 0 Å². The molecule has 13 heavy (non-hydrogen) atoms. The number of nitrogens with zero attached hydrogens (tertiary/aromatic N) is 2. The summed E-state index contributed by atoms with van der Waals surface area (Å²) in [5, 5.41) is 0. The van der Waals surface area contributed by atoms with Crippen molar-refractivity contribution >= 4 is 11.4 Å². The van der Waals surface area contributed by atoms with Crippen LogP contribution in [-0.2, 0) is 0 Å². The van der Waals surface area contributed by atoms with E-state index >= 15 is 0 Å². The van der Waals surface area contributed by atoms with Crippen molar-refractivity contribution in [2.75, 3.05) is 13.3 Å². The van der Waals surface area contributed by atoms with Crippen LogP contribution in [0.25, 0.3) is 0 Å². The Morgan fingerprint density at radius 3 is 3.08 bits per heavy atom. The summed E-state index contributed by atoms with van der Waals surface area (Å²) in [5.74, 6) is 0.919. The maximum Gasteiger partial charge on any atom is 0.132 e. The average molecular weight is 172 g/mol. The van der Waals surface area contributed by atoms with Gasteiger partial charge in [0.05, 0.1) is 5.71 Å². The molecule has 3 nitrogen and oxygen atoms in total. The van der Waals surface area contributed by atoms with Gasteiger partial charge in [-0.05, 0) is 12.1 Å². The van der Waals surface area contributed by atoms with Gasteiger partial charge in [0.1, 0.15) is 24.7 Å². The molecule has 3 heteroatoms. The summed E-state index contributed by atoms with van der Waals surface area (Å²) in [4.78, 5) is 8.58. The third-order valence-corrected chi connectivity index (χ3v) is 2.27. The van der Waals surface area contributed by atoms with Crippen LogP contribution in [0.1, 0.15) is 5.56 Å². The molecule has 64 valence electrons. The highest BCUT2D eigenvalue weighted by Gasteiger charge is 2.24. The molecule has 0 fully saturated rings. The Bertz CT molecular complexity index is 421. The van der Waals surface area contributed by atoms with Crippen molar-refractivity contribution in [1.82, 2.24) is 0 Å². The fourth-order valence-electron chi connectivity index (χ4n) is 1.65. The molecule has 2 aliphatic rings. The van der Waals surface area contributed by atoms with Gasteiger partial charge in [-0.2, -0.15) is 0 Å². The molecule has 2 aliphatic heterocycles. The van der Waals surface area contributed by atoms with E-state index in [-0.39, 0.29) is 0 Å². The van der Waals surface area contributed by atoms with Gasteiger partial charge in [0.25, 0.3) is 0 Å². The van der Waals surface area contributed by atoms with Crippen LogP contribution < -0.4 is 4.74 Å². The molecule has 1 aromatic carbocycles. The van der Waals surface area contributed by atoms with Crippen molar-refractivity contribution in [2.24, 2.45) is 9.98 Å². The van der Waals surface area contributed by atoms with Crippen molar-refractivity contribution in [3.63, 3.8) is 0 Å². The molecule has 2 heterocycles. The Hall–Kier alpha value is -1.64. The van der Waals surface area contributed by atoms with Gasteiger partial charge in [0.2, 0.25) is 0 Å². The van der Waals surface area contributed by atoms with E-state index in [0.717, 1.165) is 22.7 Å². The molecule has 0 amide bonds. The predicted octanol–water partition coefficient (Wildman–Crippen LogP) is 1.28. The number of ether oxygens (including phenoxy) is 1. The monoisotopic (exact) mass is 172 g/mol. The second kappa shape index (κ2) is 2.42. The second-order valence-electron chi connectivity index (χ2n) is 3.04. The van der Waals surface area contributed by atoms with Crippen LogP contribution in [0.3, 0.4) is 0 Å². The summed E-state index contributed by atoms with van der Waals surface area (Å²) < 4.78 is 5.53. The Balaban J connectivity index is 2.22. The molecule has 0 N–H and O–H groups in total. The maximum atomic E-state index is 5.53. The normalized spacial score (nSPS) is 18.2. The third-order valence-electron chi connectivity index (χ3n) is 2.27. The lowest BCUT2D eigenvalue weighted by atomic mass is 10.0. The number of hydrogen-bond donors (Lipinski definition) is 0. The lowest BCUT2D eigenvalue weighted by Crippen LogP contribution is -2.26. The molecule has 0 radical (unpaired) electrons. The van der Waals surface area contributed by atoms with Gasteiger partial charge in [-0.25, -0.2) is 0 Å². The number of aliphatic imine (C=N–C) groups is 2. The van der Waals surface area contributed by atoms with Gasteiger partial charge in [-0.3, -0.25) is 9.98 Å². The van der Waals surface area contributed by atoms with Crippen molar-refractivity contribution in [2.45, 2.75) is 0 Å². The van der Waals surface area contributed by atoms with Gasteiger partial charge < -0.3 is 4.74 Å². The van der Waals surface area contributed by atoms with E-state index in [9.17, 15) is 0 Å². The Morgan fingerprint density at radius 2 is 2.08 bits per heavy atom. The third kappa shape index (κ3) is 0.900. The van der Waals surface area contributed by atoms with Crippen LogP contribution in [0.2, 0.25) is 0 Å². The number of para-hydroxylation sites is 1. The van der Waals surface area contributed by atoms with Crippen LogP contribution in [0.15, 0.2) is 34.3 Å². The summed E-state index contributed by atoms with van der Waals surface area (Å²) in [6.45, 7) is 1.12. The van der Waals surface area contributed by atoms with E-state index in [1.807, 2.05) is 24.3 Å². The molecule has 0 atom stereocenters. The number of benzene rings is 1. The SMILES string of the molecule is c1ccc2c(c1)OCC1=NCN=C12. The van der Waals surface area contributed by atoms with Crippen LogP contribution in [-0.4, -0.2) is 24.7 Å². The molecule has 0 bridgehead atoms. The molecule has 1 aromatic rings. The summed E-state index contributed by atoms with van der Waals surface area (Å²) >= 11 is 0. The summed E-state index contributed by atoms with van der Waals surface area (Å²) in [5.41, 5.74) is 3.07. The minimum Gasteiger partial charge on any atom is -0.487 e. The molecular formula is C10H8N2O. The van der Waals surface area contributed by atoms with Crippen molar-refractivity contribution in [3.05, 3.63) is 29.8 Å². The number of hydrogen-bond acceptors (Lipinski definition) is 3.